The summed E-state index contributed by atoms with van der Waals surface area (Å²) < 4.78 is 20.1. The Morgan fingerprint density at radius 1 is 1.23 bits per heavy atom. The largest absolute Gasteiger partial charge is 0.506 e. The summed E-state index contributed by atoms with van der Waals surface area (Å²) in [5, 5.41) is 10.2. The molecule has 1 saturated heterocycles. The molecule has 4 rings (SSSR count). The van der Waals surface area contributed by atoms with Crippen molar-refractivity contribution in [2.45, 2.75) is 30.9 Å². The molecule has 1 aliphatic carbocycles. The number of ether oxygens (including phenoxy) is 1. The standard InChI is InChI=1S/C20H23FN2O2S/c1-13-3-2-4-18(20(13)21)25-17-7-14-10-23(11-15(14)8-17)12-26-19-6-5-16(24)9-22-19/h2-6,9,14-15,17,24H,7-8,10-12H2,1H3/t14-,15+,17?. The number of aromatic hydroxyl groups is 1. The van der Waals surface area contributed by atoms with E-state index in [9.17, 15) is 9.50 Å². The van der Waals surface area contributed by atoms with E-state index in [0.29, 0.717) is 23.1 Å². The molecular weight excluding hydrogens is 351 g/mol. The second-order valence-corrected chi connectivity index (χ2v) is 8.25. The molecule has 0 radical (unpaired) electrons. The van der Waals surface area contributed by atoms with Crippen LogP contribution in [0.15, 0.2) is 41.6 Å². The van der Waals surface area contributed by atoms with E-state index < -0.39 is 0 Å². The molecule has 1 unspecified atom stereocenters. The summed E-state index contributed by atoms with van der Waals surface area (Å²) in [7, 11) is 0. The van der Waals surface area contributed by atoms with Crippen LogP contribution in [0, 0.1) is 24.6 Å². The molecule has 0 bridgehead atoms. The number of aryl methyl sites for hydroxylation is 1. The quantitative estimate of drug-likeness (QED) is 0.799. The molecule has 6 heteroatoms. The molecule has 2 fully saturated rings. The van der Waals surface area contributed by atoms with Gasteiger partial charge in [-0.15, -0.1) is 0 Å². The summed E-state index contributed by atoms with van der Waals surface area (Å²) in [6.45, 7) is 3.89. The van der Waals surface area contributed by atoms with Crippen LogP contribution in [0.1, 0.15) is 18.4 Å². The van der Waals surface area contributed by atoms with Crippen LogP contribution < -0.4 is 4.74 Å². The molecule has 4 nitrogen and oxygen atoms in total. The van der Waals surface area contributed by atoms with Crippen LogP contribution in [0.2, 0.25) is 0 Å². The third-order valence-corrected chi connectivity index (χ3v) is 6.38. The van der Waals surface area contributed by atoms with Gasteiger partial charge in [-0.1, -0.05) is 23.9 Å². The molecule has 26 heavy (non-hydrogen) atoms. The minimum atomic E-state index is -0.232. The highest BCUT2D eigenvalue weighted by Crippen LogP contribution is 2.40. The van der Waals surface area contributed by atoms with E-state index in [1.165, 1.54) is 6.20 Å². The van der Waals surface area contributed by atoms with Gasteiger partial charge in [0.25, 0.3) is 0 Å². The van der Waals surface area contributed by atoms with E-state index in [2.05, 4.69) is 9.88 Å². The Hall–Kier alpha value is -1.79. The van der Waals surface area contributed by atoms with Gasteiger partial charge in [0.1, 0.15) is 5.75 Å². The van der Waals surface area contributed by atoms with E-state index in [1.807, 2.05) is 12.1 Å². The van der Waals surface area contributed by atoms with Gasteiger partial charge >= 0.3 is 0 Å². The SMILES string of the molecule is Cc1cccc(OC2C[C@@H]3CN(CSc4ccc(O)cn4)C[C@@H]3C2)c1F. The molecule has 138 valence electrons. The molecule has 0 spiro atoms. The number of benzene rings is 1. The molecular formula is C20H23FN2O2S. The van der Waals surface area contributed by atoms with Gasteiger partial charge in [0.05, 0.1) is 23.2 Å². The molecule has 1 aliphatic heterocycles. The van der Waals surface area contributed by atoms with Crippen molar-refractivity contribution in [1.29, 1.82) is 0 Å². The lowest BCUT2D eigenvalue weighted by molar-refractivity contribution is 0.181. The maximum absolute atomic E-state index is 14.1. The maximum atomic E-state index is 14.1. The van der Waals surface area contributed by atoms with Gasteiger partial charge < -0.3 is 9.84 Å². The molecule has 3 atom stereocenters. The van der Waals surface area contributed by atoms with Gasteiger partial charge in [0.2, 0.25) is 0 Å². The summed E-state index contributed by atoms with van der Waals surface area (Å²) in [5.74, 6) is 2.51. The number of fused-ring (bicyclic) bond motifs is 1. The lowest BCUT2D eigenvalue weighted by atomic mass is 10.0. The van der Waals surface area contributed by atoms with Gasteiger partial charge in [-0.2, -0.15) is 0 Å². The molecule has 1 aromatic carbocycles. The Kier molecular flexibility index (Phi) is 5.05. The molecule has 1 saturated carbocycles. The minimum Gasteiger partial charge on any atom is -0.506 e. The third-order valence-electron chi connectivity index (χ3n) is 5.35. The Balaban J connectivity index is 1.27. The fourth-order valence-electron chi connectivity index (χ4n) is 4.05. The average molecular weight is 374 g/mol. The molecule has 0 amide bonds. The summed E-state index contributed by atoms with van der Waals surface area (Å²) in [4.78, 5) is 6.67. The lowest BCUT2D eigenvalue weighted by Crippen LogP contribution is -2.24. The van der Waals surface area contributed by atoms with E-state index in [-0.39, 0.29) is 17.7 Å². The van der Waals surface area contributed by atoms with Crippen molar-refractivity contribution in [3.8, 4) is 11.5 Å². The monoisotopic (exact) mass is 374 g/mol. The Morgan fingerprint density at radius 2 is 2.00 bits per heavy atom. The summed E-state index contributed by atoms with van der Waals surface area (Å²) >= 11 is 1.69. The van der Waals surface area contributed by atoms with Crippen molar-refractivity contribution in [2.75, 3.05) is 19.0 Å². The third kappa shape index (κ3) is 3.81. The predicted octanol–water partition coefficient (Wildman–Crippen LogP) is 4.07. The fraction of sp³-hybridized carbons (Fsp3) is 0.450. The minimum absolute atomic E-state index is 0.120. The zero-order valence-corrected chi connectivity index (χ0v) is 15.6. The number of aromatic nitrogens is 1. The van der Waals surface area contributed by atoms with Crippen LogP contribution in [-0.4, -0.2) is 40.1 Å². The number of likely N-dealkylation sites (tertiary alicyclic amines) is 1. The van der Waals surface area contributed by atoms with Crippen LogP contribution >= 0.6 is 11.8 Å². The van der Waals surface area contributed by atoms with Crippen LogP contribution in [-0.2, 0) is 0 Å². The summed E-state index contributed by atoms with van der Waals surface area (Å²) in [6.07, 6.45) is 3.59. The first-order valence-corrected chi connectivity index (χ1v) is 9.99. The van der Waals surface area contributed by atoms with Crippen LogP contribution in [0.25, 0.3) is 0 Å². The Bertz CT molecular complexity index is 757. The van der Waals surface area contributed by atoms with E-state index in [1.54, 1.807) is 36.9 Å². The van der Waals surface area contributed by atoms with E-state index in [0.717, 1.165) is 36.8 Å². The van der Waals surface area contributed by atoms with Crippen molar-refractivity contribution in [3.63, 3.8) is 0 Å². The molecule has 2 aromatic rings. The number of hydrogen-bond acceptors (Lipinski definition) is 5. The average Bonchev–Trinajstić information content (AvgIpc) is 3.16. The number of pyridine rings is 1. The smallest absolute Gasteiger partial charge is 0.167 e. The zero-order valence-electron chi connectivity index (χ0n) is 14.8. The van der Waals surface area contributed by atoms with Crippen molar-refractivity contribution in [3.05, 3.63) is 47.9 Å². The summed E-state index contributed by atoms with van der Waals surface area (Å²) in [6, 6.07) is 8.85. The molecule has 2 heterocycles. The van der Waals surface area contributed by atoms with Gasteiger partial charge in [0.15, 0.2) is 11.6 Å². The highest BCUT2D eigenvalue weighted by Gasteiger charge is 2.41. The molecule has 2 aliphatic rings. The highest BCUT2D eigenvalue weighted by atomic mass is 32.2. The van der Waals surface area contributed by atoms with Crippen LogP contribution in [0.4, 0.5) is 4.39 Å². The normalized spacial score (nSPS) is 25.4. The van der Waals surface area contributed by atoms with Gasteiger partial charge in [-0.05, 0) is 55.4 Å². The van der Waals surface area contributed by atoms with Crippen molar-refractivity contribution < 1.29 is 14.2 Å². The second-order valence-electron chi connectivity index (χ2n) is 7.28. The van der Waals surface area contributed by atoms with Crippen molar-refractivity contribution >= 4 is 11.8 Å². The number of hydrogen-bond donors (Lipinski definition) is 1. The van der Waals surface area contributed by atoms with Crippen molar-refractivity contribution in [2.24, 2.45) is 11.8 Å². The zero-order chi connectivity index (χ0) is 18.1. The van der Waals surface area contributed by atoms with Crippen LogP contribution in [0.5, 0.6) is 11.5 Å². The first kappa shape index (κ1) is 17.6. The Labute approximate surface area is 157 Å². The van der Waals surface area contributed by atoms with Gasteiger partial charge in [0, 0.05) is 13.1 Å². The maximum Gasteiger partial charge on any atom is 0.167 e. The number of rotatable bonds is 5. The van der Waals surface area contributed by atoms with Gasteiger partial charge in [-0.3, -0.25) is 4.90 Å². The molecule has 1 aromatic heterocycles. The number of halogens is 1. The van der Waals surface area contributed by atoms with E-state index >= 15 is 0 Å². The van der Waals surface area contributed by atoms with Crippen LogP contribution in [0.3, 0.4) is 0 Å². The number of thioether (sulfide) groups is 1. The number of nitrogens with zero attached hydrogens (tertiary/aromatic N) is 2. The topological polar surface area (TPSA) is 45.6 Å². The highest BCUT2D eigenvalue weighted by molar-refractivity contribution is 7.99. The van der Waals surface area contributed by atoms with Crippen molar-refractivity contribution in [1.82, 2.24) is 9.88 Å². The first-order valence-electron chi connectivity index (χ1n) is 9.00. The van der Waals surface area contributed by atoms with E-state index in [4.69, 9.17) is 4.74 Å². The molecule has 1 N–H and O–H groups in total. The van der Waals surface area contributed by atoms with Gasteiger partial charge in [-0.25, -0.2) is 9.37 Å². The fourth-order valence-corrected chi connectivity index (χ4v) is 4.87. The second kappa shape index (κ2) is 7.45. The lowest BCUT2D eigenvalue weighted by Gasteiger charge is -2.19. The first-order chi connectivity index (χ1) is 12.6. The summed E-state index contributed by atoms with van der Waals surface area (Å²) in [5.41, 5.74) is 0.631. The Morgan fingerprint density at radius 3 is 2.69 bits per heavy atom. The predicted molar refractivity (Wildman–Crippen MR) is 100.0 cm³/mol.